The lowest BCUT2D eigenvalue weighted by molar-refractivity contribution is 0.411. The lowest BCUT2D eigenvalue weighted by Crippen LogP contribution is -1.99. The highest BCUT2D eigenvalue weighted by Crippen LogP contribution is 2.30. The minimum absolute atomic E-state index is 0.491. The maximum Gasteiger partial charge on any atom is 0.128 e. The Hall–Kier alpha value is -2.10. The number of aromatic nitrogens is 2. The standard InChI is InChI=1S/C14H17N3O/c1-8-9(2)13(18-4)6-5-11(8)12-7-14(15)17-10(3)16-12/h5-7H,1-4H3,(H2,15,16,17). The normalized spacial score (nSPS) is 10.4. The topological polar surface area (TPSA) is 61.0 Å². The lowest BCUT2D eigenvalue weighted by Gasteiger charge is -2.12. The van der Waals surface area contributed by atoms with Crippen molar-refractivity contribution in [2.75, 3.05) is 12.8 Å². The molecule has 1 aromatic carbocycles. The molecular weight excluding hydrogens is 226 g/mol. The van der Waals surface area contributed by atoms with Crippen LogP contribution in [0.4, 0.5) is 5.82 Å². The number of anilines is 1. The number of nitrogens with two attached hydrogens (primary N) is 1. The van der Waals surface area contributed by atoms with E-state index in [9.17, 15) is 0 Å². The molecule has 0 saturated carbocycles. The fraction of sp³-hybridized carbons (Fsp3) is 0.286. The van der Waals surface area contributed by atoms with E-state index < -0.39 is 0 Å². The van der Waals surface area contributed by atoms with Crippen LogP contribution in [0.25, 0.3) is 11.3 Å². The average Bonchev–Trinajstić information content (AvgIpc) is 2.31. The molecule has 0 saturated heterocycles. The van der Waals surface area contributed by atoms with Crippen LogP contribution in [0.5, 0.6) is 5.75 Å². The van der Waals surface area contributed by atoms with E-state index in [0.717, 1.165) is 28.1 Å². The molecule has 0 amide bonds. The number of benzene rings is 1. The van der Waals surface area contributed by atoms with Crippen LogP contribution >= 0.6 is 0 Å². The molecule has 1 heterocycles. The molecule has 2 aromatic rings. The second-order valence-electron chi connectivity index (χ2n) is 4.29. The van der Waals surface area contributed by atoms with Gasteiger partial charge in [0.1, 0.15) is 17.4 Å². The molecule has 2 rings (SSSR count). The van der Waals surface area contributed by atoms with E-state index in [1.165, 1.54) is 0 Å². The molecule has 18 heavy (non-hydrogen) atoms. The van der Waals surface area contributed by atoms with Gasteiger partial charge in [-0.2, -0.15) is 0 Å². The van der Waals surface area contributed by atoms with Gasteiger partial charge in [-0.3, -0.25) is 0 Å². The molecule has 0 aliphatic rings. The molecule has 0 aliphatic heterocycles. The van der Waals surface area contributed by atoms with E-state index in [-0.39, 0.29) is 0 Å². The summed E-state index contributed by atoms with van der Waals surface area (Å²) in [6.07, 6.45) is 0. The summed E-state index contributed by atoms with van der Waals surface area (Å²) in [7, 11) is 1.67. The monoisotopic (exact) mass is 243 g/mol. The number of aryl methyl sites for hydroxylation is 1. The summed E-state index contributed by atoms with van der Waals surface area (Å²) in [5, 5.41) is 0. The summed E-state index contributed by atoms with van der Waals surface area (Å²) >= 11 is 0. The van der Waals surface area contributed by atoms with E-state index in [4.69, 9.17) is 10.5 Å². The molecule has 0 spiro atoms. The third-order valence-corrected chi connectivity index (χ3v) is 3.09. The van der Waals surface area contributed by atoms with Gasteiger partial charge in [0.15, 0.2) is 0 Å². The van der Waals surface area contributed by atoms with Crippen LogP contribution < -0.4 is 10.5 Å². The van der Waals surface area contributed by atoms with Crippen molar-refractivity contribution in [1.29, 1.82) is 0 Å². The van der Waals surface area contributed by atoms with E-state index in [1.807, 2.05) is 26.0 Å². The quantitative estimate of drug-likeness (QED) is 0.880. The SMILES string of the molecule is COc1ccc(-c2cc(N)nc(C)n2)c(C)c1C. The molecular formula is C14H17N3O. The number of nitrogens with zero attached hydrogens (tertiary/aromatic N) is 2. The molecule has 4 heteroatoms. The second-order valence-corrected chi connectivity index (χ2v) is 4.29. The van der Waals surface area contributed by atoms with Gasteiger partial charge in [-0.05, 0) is 44.0 Å². The zero-order chi connectivity index (χ0) is 13.3. The zero-order valence-corrected chi connectivity index (χ0v) is 11.1. The van der Waals surface area contributed by atoms with Crippen molar-refractivity contribution >= 4 is 5.82 Å². The van der Waals surface area contributed by atoms with Gasteiger partial charge in [0, 0.05) is 11.6 Å². The highest BCUT2D eigenvalue weighted by atomic mass is 16.5. The smallest absolute Gasteiger partial charge is 0.128 e. The minimum Gasteiger partial charge on any atom is -0.496 e. The molecule has 0 aliphatic carbocycles. The summed E-state index contributed by atoms with van der Waals surface area (Å²) < 4.78 is 5.31. The zero-order valence-electron chi connectivity index (χ0n) is 11.1. The molecule has 0 radical (unpaired) electrons. The Morgan fingerprint density at radius 2 is 1.78 bits per heavy atom. The van der Waals surface area contributed by atoms with E-state index >= 15 is 0 Å². The summed E-state index contributed by atoms with van der Waals surface area (Å²) in [5.74, 6) is 2.05. The number of nitrogen functional groups attached to an aromatic ring is 1. The largest absolute Gasteiger partial charge is 0.496 e. The molecule has 0 bridgehead atoms. The van der Waals surface area contributed by atoms with Crippen LogP contribution in [0.15, 0.2) is 18.2 Å². The molecule has 0 atom stereocenters. The Morgan fingerprint density at radius 3 is 2.39 bits per heavy atom. The van der Waals surface area contributed by atoms with Crippen molar-refractivity contribution in [3.05, 3.63) is 35.2 Å². The van der Waals surface area contributed by atoms with Crippen molar-refractivity contribution in [3.8, 4) is 17.0 Å². The third-order valence-electron chi connectivity index (χ3n) is 3.09. The fourth-order valence-electron chi connectivity index (χ4n) is 2.02. The van der Waals surface area contributed by atoms with Crippen molar-refractivity contribution in [2.45, 2.75) is 20.8 Å². The summed E-state index contributed by atoms with van der Waals surface area (Å²) in [5.41, 5.74) is 9.94. The van der Waals surface area contributed by atoms with Crippen LogP contribution in [0.3, 0.4) is 0 Å². The maximum absolute atomic E-state index is 5.77. The predicted molar refractivity (Wildman–Crippen MR) is 72.6 cm³/mol. The summed E-state index contributed by atoms with van der Waals surface area (Å²) in [6, 6.07) is 5.74. The number of hydrogen-bond donors (Lipinski definition) is 1. The van der Waals surface area contributed by atoms with Gasteiger partial charge in [0.25, 0.3) is 0 Å². The van der Waals surface area contributed by atoms with Gasteiger partial charge in [-0.25, -0.2) is 9.97 Å². The first-order valence-electron chi connectivity index (χ1n) is 5.78. The van der Waals surface area contributed by atoms with Crippen molar-refractivity contribution < 1.29 is 4.74 Å². The Bertz CT molecular complexity index is 574. The molecule has 1 aromatic heterocycles. The van der Waals surface area contributed by atoms with Crippen molar-refractivity contribution in [2.24, 2.45) is 0 Å². The van der Waals surface area contributed by atoms with Gasteiger partial charge < -0.3 is 10.5 Å². The van der Waals surface area contributed by atoms with Crippen molar-refractivity contribution in [3.63, 3.8) is 0 Å². The average molecular weight is 243 g/mol. The molecule has 94 valence electrons. The fourth-order valence-corrected chi connectivity index (χ4v) is 2.02. The van der Waals surface area contributed by atoms with Crippen LogP contribution in [0, 0.1) is 20.8 Å². The first-order chi connectivity index (χ1) is 8.52. The highest BCUT2D eigenvalue weighted by molar-refractivity contribution is 5.68. The Morgan fingerprint density at radius 1 is 1.06 bits per heavy atom. The van der Waals surface area contributed by atoms with Crippen LogP contribution in [-0.2, 0) is 0 Å². The lowest BCUT2D eigenvalue weighted by atomic mass is 10.00. The van der Waals surface area contributed by atoms with Gasteiger partial charge in [0.2, 0.25) is 0 Å². The first-order valence-corrected chi connectivity index (χ1v) is 5.78. The first kappa shape index (κ1) is 12.4. The summed E-state index contributed by atoms with van der Waals surface area (Å²) in [4.78, 5) is 8.52. The Balaban J connectivity index is 2.61. The molecule has 4 nitrogen and oxygen atoms in total. The Kier molecular flexibility index (Phi) is 3.19. The number of methoxy groups -OCH3 is 1. The number of ether oxygens (including phenoxy) is 1. The van der Waals surface area contributed by atoms with Gasteiger partial charge >= 0.3 is 0 Å². The van der Waals surface area contributed by atoms with E-state index in [0.29, 0.717) is 11.6 Å². The van der Waals surface area contributed by atoms with Crippen LogP contribution in [0.2, 0.25) is 0 Å². The number of hydrogen-bond acceptors (Lipinski definition) is 4. The second kappa shape index (κ2) is 4.64. The minimum atomic E-state index is 0.491. The Labute approximate surface area is 107 Å². The van der Waals surface area contributed by atoms with Crippen LogP contribution in [-0.4, -0.2) is 17.1 Å². The van der Waals surface area contributed by atoms with Gasteiger partial charge in [-0.15, -0.1) is 0 Å². The predicted octanol–water partition coefficient (Wildman–Crippen LogP) is 2.66. The van der Waals surface area contributed by atoms with Gasteiger partial charge in [0.05, 0.1) is 12.8 Å². The third kappa shape index (κ3) is 2.14. The van der Waals surface area contributed by atoms with Crippen LogP contribution in [0.1, 0.15) is 17.0 Å². The van der Waals surface area contributed by atoms with Gasteiger partial charge in [-0.1, -0.05) is 0 Å². The molecule has 0 fully saturated rings. The van der Waals surface area contributed by atoms with Crippen molar-refractivity contribution in [1.82, 2.24) is 9.97 Å². The summed E-state index contributed by atoms with van der Waals surface area (Å²) in [6.45, 7) is 5.93. The van der Waals surface area contributed by atoms with E-state index in [2.05, 4.69) is 16.9 Å². The molecule has 0 unspecified atom stereocenters. The highest BCUT2D eigenvalue weighted by Gasteiger charge is 2.10. The van der Waals surface area contributed by atoms with E-state index in [1.54, 1.807) is 13.2 Å². The maximum atomic E-state index is 5.77. The molecule has 2 N–H and O–H groups in total. The number of rotatable bonds is 2.